The Labute approximate surface area is 438 Å². The largest absolute Gasteiger partial charge is 0.462 e. The molecule has 0 aromatic carbocycles. The zero-order valence-electron chi connectivity index (χ0n) is 48.0. The maximum Gasteiger partial charge on any atom is 0.306 e. The van der Waals surface area contributed by atoms with Crippen molar-refractivity contribution in [2.24, 2.45) is 5.92 Å². The molecule has 0 aliphatic carbocycles. The van der Waals surface area contributed by atoms with Crippen LogP contribution in [-0.2, 0) is 28.6 Å². The molecule has 6 heteroatoms. The number of ether oxygens (including phenoxy) is 3. The number of rotatable bonds is 59. The highest BCUT2D eigenvalue weighted by atomic mass is 16.6. The standard InChI is InChI=1S/C64H124O6/c1-5-8-10-12-14-16-18-20-22-24-25-27-31-35-39-43-47-51-55-62(65)68-58-61(70-64(67)57-53-49-45-41-37-33-26-23-21-19-17-15-13-11-9-6-2)59-69-63(66)56-52-48-44-40-36-32-29-28-30-34-38-42-46-50-54-60(4)7-3/h60-61H,5-59H2,1-4H3/t60?,61-/m1/s1. The zero-order chi connectivity index (χ0) is 50.9. The van der Waals surface area contributed by atoms with E-state index in [1.54, 1.807) is 0 Å². The van der Waals surface area contributed by atoms with E-state index in [2.05, 4.69) is 27.7 Å². The molecule has 0 heterocycles. The highest BCUT2D eigenvalue weighted by Gasteiger charge is 2.19. The number of unbranched alkanes of at least 4 members (excludes halogenated alkanes) is 45. The average molecular weight is 990 g/mol. The van der Waals surface area contributed by atoms with Crippen LogP contribution in [0.3, 0.4) is 0 Å². The fourth-order valence-electron chi connectivity index (χ4n) is 9.95. The van der Waals surface area contributed by atoms with Crippen molar-refractivity contribution in [3.8, 4) is 0 Å². The van der Waals surface area contributed by atoms with Crippen LogP contribution in [0.25, 0.3) is 0 Å². The van der Waals surface area contributed by atoms with Crippen molar-refractivity contribution in [1.29, 1.82) is 0 Å². The van der Waals surface area contributed by atoms with Gasteiger partial charge in [-0.1, -0.05) is 329 Å². The molecule has 0 radical (unpaired) electrons. The van der Waals surface area contributed by atoms with E-state index in [1.807, 2.05) is 0 Å². The lowest BCUT2D eigenvalue weighted by molar-refractivity contribution is -0.167. The molecule has 0 aromatic heterocycles. The second kappa shape index (κ2) is 58.3. The van der Waals surface area contributed by atoms with Gasteiger partial charge >= 0.3 is 17.9 Å². The molecule has 0 amide bonds. The van der Waals surface area contributed by atoms with Crippen molar-refractivity contribution in [3.05, 3.63) is 0 Å². The highest BCUT2D eigenvalue weighted by Crippen LogP contribution is 2.19. The normalized spacial score (nSPS) is 12.3. The van der Waals surface area contributed by atoms with Crippen LogP contribution in [0.4, 0.5) is 0 Å². The third kappa shape index (κ3) is 55.7. The first-order valence-corrected chi connectivity index (χ1v) is 31.9. The molecule has 0 N–H and O–H groups in total. The molecule has 0 saturated heterocycles. The lowest BCUT2D eigenvalue weighted by Gasteiger charge is -2.18. The van der Waals surface area contributed by atoms with Crippen molar-refractivity contribution in [2.45, 2.75) is 374 Å². The Kier molecular flexibility index (Phi) is 57.0. The number of hydrogen-bond donors (Lipinski definition) is 0. The Morgan fingerprint density at radius 3 is 0.743 bits per heavy atom. The minimum Gasteiger partial charge on any atom is -0.462 e. The van der Waals surface area contributed by atoms with Crippen molar-refractivity contribution >= 4 is 17.9 Å². The molecule has 70 heavy (non-hydrogen) atoms. The van der Waals surface area contributed by atoms with Gasteiger partial charge in [0, 0.05) is 19.3 Å². The molecule has 0 bridgehead atoms. The van der Waals surface area contributed by atoms with Gasteiger partial charge in [0.25, 0.3) is 0 Å². The molecule has 0 aliphatic rings. The molecular weight excluding hydrogens is 865 g/mol. The van der Waals surface area contributed by atoms with Crippen LogP contribution in [-0.4, -0.2) is 37.2 Å². The molecular formula is C64H124O6. The summed E-state index contributed by atoms with van der Waals surface area (Å²) in [5.74, 6) is 0.0684. The molecule has 416 valence electrons. The van der Waals surface area contributed by atoms with Crippen LogP contribution >= 0.6 is 0 Å². The van der Waals surface area contributed by atoms with E-state index < -0.39 is 6.10 Å². The fraction of sp³-hybridized carbons (Fsp3) is 0.953. The Bertz CT molecular complexity index is 1060. The number of hydrogen-bond acceptors (Lipinski definition) is 6. The van der Waals surface area contributed by atoms with Gasteiger partial charge in [0.1, 0.15) is 13.2 Å². The summed E-state index contributed by atoms with van der Waals surface area (Å²) in [5.41, 5.74) is 0. The average Bonchev–Trinajstić information content (AvgIpc) is 3.36. The topological polar surface area (TPSA) is 78.9 Å². The Morgan fingerprint density at radius 1 is 0.286 bits per heavy atom. The molecule has 0 aliphatic heterocycles. The second-order valence-corrected chi connectivity index (χ2v) is 22.3. The third-order valence-corrected chi connectivity index (χ3v) is 15.2. The minimum atomic E-state index is -0.763. The molecule has 0 spiro atoms. The molecule has 2 atom stereocenters. The van der Waals surface area contributed by atoms with E-state index in [0.717, 1.165) is 63.7 Å². The van der Waals surface area contributed by atoms with Gasteiger partial charge in [-0.05, 0) is 25.2 Å². The van der Waals surface area contributed by atoms with Gasteiger partial charge in [0.15, 0.2) is 6.10 Å². The summed E-state index contributed by atoms with van der Waals surface area (Å²) < 4.78 is 17.0. The lowest BCUT2D eigenvalue weighted by Crippen LogP contribution is -2.30. The Morgan fingerprint density at radius 2 is 0.500 bits per heavy atom. The minimum absolute atomic E-state index is 0.0611. The maximum atomic E-state index is 12.9. The number of esters is 3. The molecule has 6 nitrogen and oxygen atoms in total. The Balaban J connectivity index is 4.29. The van der Waals surface area contributed by atoms with E-state index in [0.29, 0.717) is 19.3 Å². The van der Waals surface area contributed by atoms with E-state index in [1.165, 1.54) is 263 Å². The number of carbonyl (C=O) groups excluding carboxylic acids is 3. The van der Waals surface area contributed by atoms with Crippen LogP contribution < -0.4 is 0 Å². The zero-order valence-corrected chi connectivity index (χ0v) is 48.0. The van der Waals surface area contributed by atoms with E-state index in [-0.39, 0.29) is 31.1 Å². The van der Waals surface area contributed by atoms with Gasteiger partial charge in [-0.2, -0.15) is 0 Å². The SMILES string of the molecule is CCCCCCCCCCCCCCCCCCCCC(=O)OC[C@H](COC(=O)CCCCCCCCCCCCCCCCC(C)CC)OC(=O)CCCCCCCCCCCCCCCCCC. The van der Waals surface area contributed by atoms with Crippen LogP contribution in [0.1, 0.15) is 368 Å². The van der Waals surface area contributed by atoms with Crippen LogP contribution in [0.2, 0.25) is 0 Å². The quantitative estimate of drug-likeness (QED) is 0.0343. The summed E-state index contributed by atoms with van der Waals surface area (Å²) >= 11 is 0. The van der Waals surface area contributed by atoms with Gasteiger partial charge in [-0.15, -0.1) is 0 Å². The highest BCUT2D eigenvalue weighted by molar-refractivity contribution is 5.71. The first kappa shape index (κ1) is 68.4. The van der Waals surface area contributed by atoms with Gasteiger partial charge < -0.3 is 14.2 Å². The van der Waals surface area contributed by atoms with E-state index in [4.69, 9.17) is 14.2 Å². The van der Waals surface area contributed by atoms with E-state index >= 15 is 0 Å². The number of carbonyl (C=O) groups is 3. The third-order valence-electron chi connectivity index (χ3n) is 15.2. The molecule has 0 fully saturated rings. The summed E-state index contributed by atoms with van der Waals surface area (Å²) in [6, 6.07) is 0. The maximum absolute atomic E-state index is 12.9. The summed E-state index contributed by atoms with van der Waals surface area (Å²) in [7, 11) is 0. The predicted molar refractivity (Wildman–Crippen MR) is 303 cm³/mol. The molecule has 0 aromatic rings. The molecule has 0 rings (SSSR count). The van der Waals surface area contributed by atoms with Crippen LogP contribution in [0.5, 0.6) is 0 Å². The monoisotopic (exact) mass is 989 g/mol. The van der Waals surface area contributed by atoms with Crippen LogP contribution in [0, 0.1) is 5.92 Å². The lowest BCUT2D eigenvalue weighted by atomic mass is 9.99. The van der Waals surface area contributed by atoms with Gasteiger partial charge in [-0.25, -0.2) is 0 Å². The summed E-state index contributed by atoms with van der Waals surface area (Å²) in [5, 5.41) is 0. The van der Waals surface area contributed by atoms with E-state index in [9.17, 15) is 14.4 Å². The van der Waals surface area contributed by atoms with Crippen molar-refractivity contribution in [2.75, 3.05) is 13.2 Å². The van der Waals surface area contributed by atoms with Gasteiger partial charge in [0.2, 0.25) is 0 Å². The van der Waals surface area contributed by atoms with Crippen molar-refractivity contribution < 1.29 is 28.6 Å². The van der Waals surface area contributed by atoms with Crippen molar-refractivity contribution in [3.63, 3.8) is 0 Å². The summed E-state index contributed by atoms with van der Waals surface area (Å²) in [6.45, 7) is 9.12. The van der Waals surface area contributed by atoms with Crippen molar-refractivity contribution in [1.82, 2.24) is 0 Å². The smallest absolute Gasteiger partial charge is 0.306 e. The Hall–Kier alpha value is -1.59. The van der Waals surface area contributed by atoms with Crippen LogP contribution in [0.15, 0.2) is 0 Å². The second-order valence-electron chi connectivity index (χ2n) is 22.3. The molecule has 0 saturated carbocycles. The van der Waals surface area contributed by atoms with Gasteiger partial charge in [-0.3, -0.25) is 14.4 Å². The fourth-order valence-corrected chi connectivity index (χ4v) is 9.95. The predicted octanol–water partition coefficient (Wildman–Crippen LogP) is 21.4. The van der Waals surface area contributed by atoms with Gasteiger partial charge in [0.05, 0.1) is 0 Å². The summed E-state index contributed by atoms with van der Waals surface area (Å²) in [4.78, 5) is 38.3. The first-order valence-electron chi connectivity index (χ1n) is 31.9. The first-order chi connectivity index (χ1) is 34.4. The molecule has 1 unspecified atom stereocenters. The summed E-state index contributed by atoms with van der Waals surface area (Å²) in [6.07, 6.45) is 65.2.